The molecule has 0 saturated carbocycles. The predicted molar refractivity (Wildman–Crippen MR) is 87.0 cm³/mol. The number of hydrogen-bond acceptors (Lipinski definition) is 5. The second-order valence-corrected chi connectivity index (χ2v) is 5.03. The molecule has 0 atom stereocenters. The van der Waals surface area contributed by atoms with Gasteiger partial charge in [-0.05, 0) is 26.0 Å². The monoisotopic (exact) mass is 321 g/mol. The molecule has 0 spiro atoms. The Bertz CT molecular complexity index is 542. The Kier molecular flexibility index (Phi) is 6.08. The highest BCUT2D eigenvalue weighted by molar-refractivity contribution is 5.90. The number of carbonyl (C=O) groups excluding carboxylic acids is 2. The van der Waals surface area contributed by atoms with Gasteiger partial charge in [-0.25, -0.2) is 14.9 Å². The summed E-state index contributed by atoms with van der Waals surface area (Å²) < 4.78 is 10.4. The minimum absolute atomic E-state index is 0.237. The topological polar surface area (TPSA) is 71.1 Å². The first kappa shape index (κ1) is 16.9. The van der Waals surface area contributed by atoms with Gasteiger partial charge in [0.1, 0.15) is 5.75 Å². The van der Waals surface area contributed by atoms with Crippen LogP contribution in [0, 0.1) is 0 Å². The maximum Gasteiger partial charge on any atom is 0.415 e. The number of anilines is 1. The van der Waals surface area contributed by atoms with Gasteiger partial charge in [0.15, 0.2) is 0 Å². The lowest BCUT2D eigenvalue weighted by molar-refractivity contribution is 0.146. The van der Waals surface area contributed by atoms with Crippen molar-refractivity contribution in [3.8, 4) is 5.75 Å². The molecule has 0 aromatic heterocycles. The zero-order valence-corrected chi connectivity index (χ0v) is 13.6. The number of rotatable bonds is 4. The number of hydrogen-bond donors (Lipinski definition) is 1. The average Bonchev–Trinajstić information content (AvgIpc) is 2.56. The van der Waals surface area contributed by atoms with Crippen LogP contribution >= 0.6 is 0 Å². The summed E-state index contributed by atoms with van der Waals surface area (Å²) in [5.41, 5.74) is 1.03. The van der Waals surface area contributed by atoms with Crippen LogP contribution in [-0.4, -0.2) is 56.4 Å². The number of alkyl carbamates (subject to hydrolysis) is 1. The maximum absolute atomic E-state index is 12.0. The largest absolute Gasteiger partial charge is 0.492 e. The molecule has 1 aliphatic heterocycles. The fourth-order valence-corrected chi connectivity index (χ4v) is 2.48. The van der Waals surface area contributed by atoms with Gasteiger partial charge in [0.25, 0.3) is 0 Å². The van der Waals surface area contributed by atoms with Gasteiger partial charge in [0.05, 0.1) is 18.9 Å². The van der Waals surface area contributed by atoms with E-state index in [1.54, 1.807) is 11.8 Å². The van der Waals surface area contributed by atoms with E-state index >= 15 is 0 Å². The zero-order valence-electron chi connectivity index (χ0n) is 13.6. The molecule has 7 nitrogen and oxygen atoms in total. The van der Waals surface area contributed by atoms with Gasteiger partial charge in [-0.1, -0.05) is 12.1 Å². The molecule has 0 unspecified atom stereocenters. The van der Waals surface area contributed by atoms with Gasteiger partial charge in [0.2, 0.25) is 0 Å². The maximum atomic E-state index is 12.0. The molecule has 3 amide bonds. The molecule has 0 aliphatic carbocycles. The van der Waals surface area contributed by atoms with Gasteiger partial charge in [-0.2, -0.15) is 0 Å². The first-order valence-electron chi connectivity index (χ1n) is 7.85. The Hall–Kier alpha value is -2.44. The first-order chi connectivity index (χ1) is 11.2. The van der Waals surface area contributed by atoms with Crippen LogP contribution in [0.5, 0.6) is 5.75 Å². The zero-order chi connectivity index (χ0) is 16.7. The van der Waals surface area contributed by atoms with Crippen molar-refractivity contribution < 1.29 is 19.1 Å². The van der Waals surface area contributed by atoms with E-state index in [1.807, 2.05) is 31.2 Å². The smallest absolute Gasteiger partial charge is 0.415 e. The van der Waals surface area contributed by atoms with Crippen LogP contribution in [-0.2, 0) is 4.74 Å². The number of para-hydroxylation sites is 2. The Labute approximate surface area is 136 Å². The quantitative estimate of drug-likeness (QED) is 0.919. The summed E-state index contributed by atoms with van der Waals surface area (Å²) in [5.74, 6) is 0.847. The lowest BCUT2D eigenvalue weighted by atomic mass is 10.2. The molecule has 1 saturated heterocycles. The van der Waals surface area contributed by atoms with Crippen LogP contribution in [0.2, 0.25) is 0 Å². The number of nitrogens with one attached hydrogen (secondary N) is 1. The van der Waals surface area contributed by atoms with Gasteiger partial charge in [-0.3, -0.25) is 0 Å². The molecular weight excluding hydrogens is 298 g/mol. The number of nitrogens with zero attached hydrogens (tertiary/aromatic N) is 2. The van der Waals surface area contributed by atoms with Crippen molar-refractivity contribution >= 4 is 17.8 Å². The Morgan fingerprint density at radius 1 is 1.09 bits per heavy atom. The standard InChI is InChI=1S/C16H23N3O4/c1-3-22-14-8-6-5-7-13(14)18-9-11-19(12-10-18)15(20)17-16(21)23-4-2/h5-8H,3-4,9-12H2,1-2H3,(H,17,20,21). The lowest BCUT2D eigenvalue weighted by Crippen LogP contribution is -2.53. The van der Waals surface area contributed by atoms with Crippen LogP contribution in [0.4, 0.5) is 15.3 Å². The fourth-order valence-electron chi connectivity index (χ4n) is 2.48. The van der Waals surface area contributed by atoms with Crippen molar-refractivity contribution in [1.29, 1.82) is 0 Å². The summed E-state index contributed by atoms with van der Waals surface area (Å²) in [6, 6.07) is 7.45. The summed E-state index contributed by atoms with van der Waals surface area (Å²) in [6.07, 6.45) is -0.707. The van der Waals surface area contributed by atoms with Crippen LogP contribution in [0.1, 0.15) is 13.8 Å². The van der Waals surface area contributed by atoms with E-state index in [1.165, 1.54) is 0 Å². The van der Waals surface area contributed by atoms with Crippen molar-refractivity contribution in [2.75, 3.05) is 44.3 Å². The molecule has 0 radical (unpaired) electrons. The van der Waals surface area contributed by atoms with Gasteiger partial charge in [0, 0.05) is 26.2 Å². The molecule has 126 valence electrons. The molecule has 1 heterocycles. The average molecular weight is 321 g/mol. The lowest BCUT2D eigenvalue weighted by Gasteiger charge is -2.36. The van der Waals surface area contributed by atoms with E-state index in [4.69, 9.17) is 9.47 Å². The normalized spacial score (nSPS) is 14.3. The number of ether oxygens (including phenoxy) is 2. The van der Waals surface area contributed by atoms with Crippen molar-refractivity contribution in [2.24, 2.45) is 0 Å². The molecule has 1 aromatic rings. The van der Waals surface area contributed by atoms with Crippen LogP contribution in [0.15, 0.2) is 24.3 Å². The molecule has 7 heteroatoms. The predicted octanol–water partition coefficient (Wildman–Crippen LogP) is 2.07. The van der Waals surface area contributed by atoms with Gasteiger partial charge >= 0.3 is 12.1 Å². The van der Waals surface area contributed by atoms with Crippen LogP contribution in [0.25, 0.3) is 0 Å². The Balaban J connectivity index is 1.91. The van der Waals surface area contributed by atoms with E-state index < -0.39 is 12.1 Å². The van der Waals surface area contributed by atoms with Crippen molar-refractivity contribution in [1.82, 2.24) is 10.2 Å². The van der Waals surface area contributed by atoms with Gasteiger partial charge < -0.3 is 19.3 Å². The number of benzene rings is 1. The summed E-state index contributed by atoms with van der Waals surface area (Å²) in [6.45, 7) is 6.92. The SMILES string of the molecule is CCOC(=O)NC(=O)N1CCN(c2ccccc2OCC)CC1. The van der Waals surface area contributed by atoms with E-state index in [0.29, 0.717) is 32.8 Å². The summed E-state index contributed by atoms with van der Waals surface area (Å²) in [4.78, 5) is 27.0. The highest BCUT2D eigenvalue weighted by atomic mass is 16.5. The number of carbonyl (C=O) groups is 2. The molecular formula is C16H23N3O4. The summed E-state index contributed by atoms with van der Waals surface area (Å²) in [7, 11) is 0. The molecule has 0 bridgehead atoms. The summed E-state index contributed by atoms with van der Waals surface area (Å²) in [5, 5.41) is 2.22. The van der Waals surface area contributed by atoms with Crippen molar-refractivity contribution in [3.63, 3.8) is 0 Å². The molecule has 1 fully saturated rings. The third kappa shape index (κ3) is 4.51. The van der Waals surface area contributed by atoms with E-state index in [0.717, 1.165) is 11.4 Å². The molecule has 1 aromatic carbocycles. The van der Waals surface area contributed by atoms with E-state index in [-0.39, 0.29) is 6.61 Å². The minimum Gasteiger partial charge on any atom is -0.492 e. The van der Waals surface area contributed by atoms with Crippen LogP contribution < -0.4 is 15.0 Å². The third-order valence-electron chi connectivity index (χ3n) is 3.56. The highest BCUT2D eigenvalue weighted by Gasteiger charge is 2.24. The molecule has 1 N–H and O–H groups in total. The Morgan fingerprint density at radius 2 is 1.78 bits per heavy atom. The first-order valence-corrected chi connectivity index (χ1v) is 7.85. The number of imide groups is 1. The molecule has 2 rings (SSSR count). The summed E-state index contributed by atoms with van der Waals surface area (Å²) >= 11 is 0. The number of urea groups is 1. The van der Waals surface area contributed by atoms with Gasteiger partial charge in [-0.15, -0.1) is 0 Å². The van der Waals surface area contributed by atoms with Crippen LogP contribution in [0.3, 0.4) is 0 Å². The highest BCUT2D eigenvalue weighted by Crippen LogP contribution is 2.28. The van der Waals surface area contributed by atoms with E-state index in [9.17, 15) is 9.59 Å². The molecule has 23 heavy (non-hydrogen) atoms. The van der Waals surface area contributed by atoms with Crippen molar-refractivity contribution in [2.45, 2.75) is 13.8 Å². The van der Waals surface area contributed by atoms with Crippen molar-refractivity contribution in [3.05, 3.63) is 24.3 Å². The number of piperazine rings is 1. The Morgan fingerprint density at radius 3 is 2.43 bits per heavy atom. The second-order valence-electron chi connectivity index (χ2n) is 5.03. The minimum atomic E-state index is -0.707. The van der Waals surface area contributed by atoms with E-state index in [2.05, 4.69) is 10.2 Å². The second kappa shape index (κ2) is 8.26. The third-order valence-corrected chi connectivity index (χ3v) is 3.56. The fraction of sp³-hybridized carbons (Fsp3) is 0.500. The molecule has 1 aliphatic rings. The number of amides is 3.